The highest BCUT2D eigenvalue weighted by Gasteiger charge is 2.32. The molecule has 0 aliphatic carbocycles. The maximum atomic E-state index is 10.7. The number of nitrogens with zero attached hydrogens (tertiary/aromatic N) is 2. The molecule has 21 heavy (non-hydrogen) atoms. The van der Waals surface area contributed by atoms with Crippen molar-refractivity contribution in [3.05, 3.63) is 29.3 Å². The molecule has 2 saturated heterocycles. The van der Waals surface area contributed by atoms with Gasteiger partial charge in [-0.15, -0.1) is 0 Å². The van der Waals surface area contributed by atoms with Crippen molar-refractivity contribution in [2.75, 3.05) is 26.2 Å². The summed E-state index contributed by atoms with van der Waals surface area (Å²) in [5.74, 6) is 0.871. The number of hydrogen-bond acceptors (Lipinski definition) is 3. The van der Waals surface area contributed by atoms with Crippen LogP contribution in [0.4, 0.5) is 4.79 Å². The molecule has 0 unspecified atom stereocenters. The lowest BCUT2D eigenvalue weighted by Crippen LogP contribution is -2.55. The second-order valence-corrected chi connectivity index (χ2v) is 6.01. The van der Waals surface area contributed by atoms with Crippen molar-refractivity contribution in [3.8, 4) is 5.75 Å². The topological polar surface area (TPSA) is 53.0 Å². The molecule has 1 amide bonds. The van der Waals surface area contributed by atoms with Crippen LogP contribution in [0.2, 0.25) is 0 Å². The first kappa shape index (κ1) is 14.2. The lowest BCUT2D eigenvalue weighted by molar-refractivity contribution is 0.0248. The Kier molecular flexibility index (Phi) is 4.01. The third kappa shape index (κ3) is 3.29. The van der Waals surface area contributed by atoms with Gasteiger partial charge in [0.15, 0.2) is 0 Å². The zero-order chi connectivity index (χ0) is 14.8. The van der Waals surface area contributed by atoms with Gasteiger partial charge in [0.25, 0.3) is 0 Å². The summed E-state index contributed by atoms with van der Waals surface area (Å²) in [4.78, 5) is 14.6. The van der Waals surface area contributed by atoms with Gasteiger partial charge in [0, 0.05) is 6.54 Å². The fourth-order valence-electron chi connectivity index (χ4n) is 2.99. The number of amides is 1. The Hall–Kier alpha value is -1.75. The lowest BCUT2D eigenvalue weighted by atomic mass is 10.1. The van der Waals surface area contributed by atoms with Gasteiger partial charge >= 0.3 is 6.09 Å². The zero-order valence-electron chi connectivity index (χ0n) is 12.4. The van der Waals surface area contributed by atoms with E-state index in [1.807, 2.05) is 6.07 Å². The average molecular weight is 290 g/mol. The van der Waals surface area contributed by atoms with Gasteiger partial charge < -0.3 is 14.7 Å². The molecule has 1 aromatic rings. The molecule has 5 heteroatoms. The highest BCUT2D eigenvalue weighted by Crippen LogP contribution is 2.24. The molecular formula is C16H22N2O3. The lowest BCUT2D eigenvalue weighted by Gasteiger charge is -2.37. The SMILES string of the molecule is Cc1cc(CN2CCCC2)ccc1OC1CN(C(=O)O)C1. The number of likely N-dealkylation sites (tertiary alicyclic amines) is 2. The molecular weight excluding hydrogens is 268 g/mol. The van der Waals surface area contributed by atoms with E-state index >= 15 is 0 Å². The van der Waals surface area contributed by atoms with E-state index < -0.39 is 6.09 Å². The Bertz CT molecular complexity index is 520. The summed E-state index contributed by atoms with van der Waals surface area (Å²) in [6, 6.07) is 6.32. The molecule has 2 fully saturated rings. The molecule has 0 spiro atoms. The number of hydrogen-bond donors (Lipinski definition) is 1. The van der Waals surface area contributed by atoms with Crippen LogP contribution in [0.25, 0.3) is 0 Å². The molecule has 2 aliphatic heterocycles. The van der Waals surface area contributed by atoms with Crippen molar-refractivity contribution in [1.82, 2.24) is 9.80 Å². The van der Waals surface area contributed by atoms with Gasteiger partial charge in [0.05, 0.1) is 13.1 Å². The minimum Gasteiger partial charge on any atom is -0.486 e. The molecule has 0 bridgehead atoms. The highest BCUT2D eigenvalue weighted by atomic mass is 16.5. The van der Waals surface area contributed by atoms with Crippen LogP contribution in [-0.4, -0.2) is 53.3 Å². The first-order chi connectivity index (χ1) is 10.1. The third-order valence-corrected chi connectivity index (χ3v) is 4.26. The largest absolute Gasteiger partial charge is 0.486 e. The summed E-state index contributed by atoms with van der Waals surface area (Å²) >= 11 is 0. The molecule has 1 aromatic carbocycles. The molecule has 2 heterocycles. The second kappa shape index (κ2) is 5.93. The van der Waals surface area contributed by atoms with Crippen LogP contribution in [0, 0.1) is 6.92 Å². The van der Waals surface area contributed by atoms with Crippen molar-refractivity contribution in [3.63, 3.8) is 0 Å². The van der Waals surface area contributed by atoms with Crippen molar-refractivity contribution in [2.24, 2.45) is 0 Å². The quantitative estimate of drug-likeness (QED) is 0.924. The normalized spacial score (nSPS) is 19.6. The van der Waals surface area contributed by atoms with Crippen molar-refractivity contribution in [1.29, 1.82) is 0 Å². The average Bonchev–Trinajstić information content (AvgIpc) is 2.87. The Morgan fingerprint density at radius 1 is 1.33 bits per heavy atom. The van der Waals surface area contributed by atoms with Gasteiger partial charge in [-0.25, -0.2) is 4.79 Å². The number of rotatable bonds is 4. The first-order valence-electron chi connectivity index (χ1n) is 7.58. The summed E-state index contributed by atoms with van der Waals surface area (Å²) in [5.41, 5.74) is 2.45. The van der Waals surface area contributed by atoms with Crippen molar-refractivity contribution < 1.29 is 14.6 Å². The molecule has 0 atom stereocenters. The van der Waals surface area contributed by atoms with Gasteiger partial charge in [0.1, 0.15) is 11.9 Å². The number of carbonyl (C=O) groups is 1. The van der Waals surface area contributed by atoms with Gasteiger partial charge in [-0.05, 0) is 50.0 Å². The zero-order valence-corrected chi connectivity index (χ0v) is 12.4. The smallest absolute Gasteiger partial charge is 0.407 e. The van der Waals surface area contributed by atoms with Gasteiger partial charge in [-0.2, -0.15) is 0 Å². The van der Waals surface area contributed by atoms with E-state index in [1.165, 1.54) is 36.4 Å². The summed E-state index contributed by atoms with van der Waals surface area (Å²) in [7, 11) is 0. The van der Waals surface area contributed by atoms with E-state index in [9.17, 15) is 4.79 Å². The minimum absolute atomic E-state index is 0.00997. The monoisotopic (exact) mass is 290 g/mol. The summed E-state index contributed by atoms with van der Waals surface area (Å²) in [6.07, 6.45) is 1.74. The van der Waals surface area contributed by atoms with Gasteiger partial charge in [-0.1, -0.05) is 12.1 Å². The highest BCUT2D eigenvalue weighted by molar-refractivity contribution is 5.66. The van der Waals surface area contributed by atoms with E-state index in [0.717, 1.165) is 17.9 Å². The van der Waals surface area contributed by atoms with Crippen molar-refractivity contribution >= 4 is 6.09 Å². The third-order valence-electron chi connectivity index (χ3n) is 4.26. The first-order valence-corrected chi connectivity index (χ1v) is 7.58. The van der Waals surface area contributed by atoms with E-state index in [2.05, 4.69) is 24.0 Å². The Labute approximate surface area is 125 Å². The maximum absolute atomic E-state index is 10.7. The molecule has 3 rings (SSSR count). The number of benzene rings is 1. The van der Waals surface area contributed by atoms with Crippen LogP contribution >= 0.6 is 0 Å². The van der Waals surface area contributed by atoms with Crippen molar-refractivity contribution in [2.45, 2.75) is 32.4 Å². The molecule has 0 saturated carbocycles. The number of carboxylic acid groups (broad SMARTS) is 1. The Morgan fingerprint density at radius 2 is 2.05 bits per heavy atom. The van der Waals surface area contributed by atoms with Crippen LogP contribution < -0.4 is 4.74 Å². The van der Waals surface area contributed by atoms with Crippen LogP contribution in [0.3, 0.4) is 0 Å². The fraction of sp³-hybridized carbons (Fsp3) is 0.562. The molecule has 114 valence electrons. The van der Waals surface area contributed by atoms with Crippen LogP contribution in [-0.2, 0) is 6.54 Å². The van der Waals surface area contributed by atoms with Crippen LogP contribution in [0.15, 0.2) is 18.2 Å². The molecule has 0 radical (unpaired) electrons. The van der Waals surface area contributed by atoms with Gasteiger partial charge in [-0.3, -0.25) is 4.90 Å². The minimum atomic E-state index is -0.868. The van der Waals surface area contributed by atoms with E-state index in [0.29, 0.717) is 13.1 Å². The fourth-order valence-corrected chi connectivity index (χ4v) is 2.99. The second-order valence-electron chi connectivity index (χ2n) is 6.01. The Morgan fingerprint density at radius 3 is 2.67 bits per heavy atom. The van der Waals surface area contributed by atoms with Crippen LogP contribution in [0.5, 0.6) is 5.75 Å². The van der Waals surface area contributed by atoms with E-state index in [4.69, 9.17) is 9.84 Å². The molecule has 1 N–H and O–H groups in total. The predicted molar refractivity (Wildman–Crippen MR) is 79.7 cm³/mol. The summed E-state index contributed by atoms with van der Waals surface area (Å²) in [5, 5.41) is 8.81. The summed E-state index contributed by atoms with van der Waals surface area (Å²) < 4.78 is 5.87. The van der Waals surface area contributed by atoms with E-state index in [1.54, 1.807) is 0 Å². The number of ether oxygens (including phenoxy) is 1. The van der Waals surface area contributed by atoms with Crippen LogP contribution in [0.1, 0.15) is 24.0 Å². The maximum Gasteiger partial charge on any atom is 0.407 e. The van der Waals surface area contributed by atoms with E-state index in [-0.39, 0.29) is 6.10 Å². The number of aryl methyl sites for hydroxylation is 1. The molecule has 5 nitrogen and oxygen atoms in total. The Balaban J connectivity index is 1.56. The standard InChI is InChI=1S/C16H22N2O3/c1-12-8-13(9-17-6-2-3-7-17)4-5-15(12)21-14-10-18(11-14)16(19)20/h4-5,8,14H,2-3,6-7,9-11H2,1H3,(H,19,20). The van der Waals surface area contributed by atoms with Gasteiger partial charge in [0.2, 0.25) is 0 Å². The summed E-state index contributed by atoms with van der Waals surface area (Å²) in [6.45, 7) is 6.39. The molecule has 0 aromatic heterocycles. The predicted octanol–water partition coefficient (Wildman–Crippen LogP) is 2.33. The molecule has 2 aliphatic rings.